The summed E-state index contributed by atoms with van der Waals surface area (Å²) in [5.74, 6) is 0. The molecule has 0 aromatic carbocycles. The van der Waals surface area contributed by atoms with Crippen LogP contribution in [0.2, 0.25) is 0 Å². The van der Waals surface area contributed by atoms with Gasteiger partial charge in [-0.3, -0.25) is 4.90 Å². The van der Waals surface area contributed by atoms with Crippen molar-refractivity contribution >= 4 is 6.21 Å². The standard InChI is InChI=1S/C10H21N2/c1-9(2)12-7-6-11(5)8-10(12,3)4/h8-9H,6-7H2,1-5H3/q+1. The molecule has 0 amide bonds. The van der Waals surface area contributed by atoms with E-state index in [1.807, 2.05) is 0 Å². The van der Waals surface area contributed by atoms with Gasteiger partial charge in [-0.2, -0.15) is 0 Å². The fourth-order valence-corrected chi connectivity index (χ4v) is 2.16. The van der Waals surface area contributed by atoms with Crippen molar-refractivity contribution in [2.45, 2.75) is 39.3 Å². The number of hydrogen-bond acceptors (Lipinski definition) is 1. The van der Waals surface area contributed by atoms with Crippen LogP contribution in [-0.4, -0.2) is 47.4 Å². The van der Waals surface area contributed by atoms with Crippen molar-refractivity contribution in [1.82, 2.24) is 4.90 Å². The molecule has 1 rings (SSSR count). The molecule has 1 aliphatic rings. The molecule has 0 aliphatic carbocycles. The average molecular weight is 169 g/mol. The van der Waals surface area contributed by atoms with Crippen molar-refractivity contribution in [3.8, 4) is 0 Å². The number of rotatable bonds is 1. The maximum Gasteiger partial charge on any atom is 0.159 e. The lowest BCUT2D eigenvalue weighted by molar-refractivity contribution is -0.504. The molecule has 1 aliphatic heterocycles. The highest BCUT2D eigenvalue weighted by Crippen LogP contribution is 2.17. The summed E-state index contributed by atoms with van der Waals surface area (Å²) in [5.41, 5.74) is 0.223. The molecular weight excluding hydrogens is 148 g/mol. The van der Waals surface area contributed by atoms with E-state index in [0.717, 1.165) is 6.54 Å². The molecule has 70 valence electrons. The molecule has 0 bridgehead atoms. The van der Waals surface area contributed by atoms with E-state index in [0.29, 0.717) is 6.04 Å². The highest BCUT2D eigenvalue weighted by atomic mass is 15.3. The third-order valence-electron chi connectivity index (χ3n) is 2.59. The number of nitrogens with zero attached hydrogens (tertiary/aromatic N) is 2. The largest absolute Gasteiger partial charge is 0.281 e. The molecule has 1 heterocycles. The van der Waals surface area contributed by atoms with E-state index >= 15 is 0 Å². The van der Waals surface area contributed by atoms with E-state index in [1.165, 1.54) is 6.54 Å². The lowest BCUT2D eigenvalue weighted by atomic mass is 10.0. The van der Waals surface area contributed by atoms with Crippen molar-refractivity contribution in [1.29, 1.82) is 0 Å². The minimum Gasteiger partial charge on any atom is -0.281 e. The van der Waals surface area contributed by atoms with Crippen LogP contribution in [0.5, 0.6) is 0 Å². The van der Waals surface area contributed by atoms with Gasteiger partial charge in [0.2, 0.25) is 0 Å². The highest BCUT2D eigenvalue weighted by molar-refractivity contribution is 5.64. The Hall–Kier alpha value is -0.370. The molecule has 2 nitrogen and oxygen atoms in total. The first-order chi connectivity index (χ1) is 5.43. The molecular formula is C10H21N2+. The average Bonchev–Trinajstić information content (AvgIpc) is 1.82. The monoisotopic (exact) mass is 169 g/mol. The Labute approximate surface area is 75.9 Å². The predicted octanol–water partition coefficient (Wildman–Crippen LogP) is 1.20. The van der Waals surface area contributed by atoms with Crippen LogP contribution in [0.3, 0.4) is 0 Å². The zero-order chi connectivity index (χ0) is 9.35. The van der Waals surface area contributed by atoms with Gasteiger partial charge in [0.15, 0.2) is 12.8 Å². The Bertz CT molecular complexity index is 192. The van der Waals surface area contributed by atoms with E-state index in [1.54, 1.807) is 0 Å². The third-order valence-corrected chi connectivity index (χ3v) is 2.59. The van der Waals surface area contributed by atoms with Crippen LogP contribution in [-0.2, 0) is 0 Å². The second kappa shape index (κ2) is 3.17. The normalized spacial score (nSPS) is 24.3. The fraction of sp³-hybridized carbons (Fsp3) is 0.900. The summed E-state index contributed by atoms with van der Waals surface area (Å²) in [7, 11) is 2.15. The molecule has 0 aromatic rings. The smallest absolute Gasteiger partial charge is 0.159 e. The van der Waals surface area contributed by atoms with Gasteiger partial charge in [0.25, 0.3) is 0 Å². The molecule has 0 N–H and O–H groups in total. The van der Waals surface area contributed by atoms with Crippen LogP contribution >= 0.6 is 0 Å². The Morgan fingerprint density at radius 2 is 2.00 bits per heavy atom. The zero-order valence-corrected chi connectivity index (χ0v) is 8.96. The minimum absolute atomic E-state index is 0.223. The van der Waals surface area contributed by atoms with Gasteiger partial charge in [-0.25, -0.2) is 4.58 Å². The van der Waals surface area contributed by atoms with Crippen LogP contribution < -0.4 is 0 Å². The van der Waals surface area contributed by atoms with E-state index < -0.39 is 0 Å². The van der Waals surface area contributed by atoms with Crippen LogP contribution in [0.4, 0.5) is 0 Å². The van der Waals surface area contributed by atoms with Crippen molar-refractivity contribution < 1.29 is 4.58 Å². The molecule has 12 heavy (non-hydrogen) atoms. The van der Waals surface area contributed by atoms with Crippen LogP contribution in [0, 0.1) is 0 Å². The molecule has 2 heteroatoms. The molecule has 0 unspecified atom stereocenters. The Kier molecular flexibility index (Phi) is 2.57. The van der Waals surface area contributed by atoms with E-state index in [9.17, 15) is 0 Å². The second-order valence-corrected chi connectivity index (χ2v) is 4.55. The highest BCUT2D eigenvalue weighted by Gasteiger charge is 2.34. The summed E-state index contributed by atoms with van der Waals surface area (Å²) in [4.78, 5) is 2.53. The van der Waals surface area contributed by atoms with Gasteiger partial charge in [-0.05, 0) is 27.7 Å². The van der Waals surface area contributed by atoms with Crippen LogP contribution in [0.15, 0.2) is 0 Å². The van der Waals surface area contributed by atoms with Crippen molar-refractivity contribution in [2.75, 3.05) is 20.1 Å². The lowest BCUT2D eigenvalue weighted by Gasteiger charge is -2.39. The topological polar surface area (TPSA) is 6.25 Å². The summed E-state index contributed by atoms with van der Waals surface area (Å²) >= 11 is 0. The molecule has 0 aromatic heterocycles. The first-order valence-electron chi connectivity index (χ1n) is 4.76. The summed E-state index contributed by atoms with van der Waals surface area (Å²) in [5, 5.41) is 0. The number of hydrogen-bond donors (Lipinski definition) is 0. The van der Waals surface area contributed by atoms with Gasteiger partial charge in [0.1, 0.15) is 7.05 Å². The molecule has 0 saturated heterocycles. The minimum atomic E-state index is 0.223. The van der Waals surface area contributed by atoms with Gasteiger partial charge in [0.05, 0.1) is 12.1 Å². The summed E-state index contributed by atoms with van der Waals surface area (Å²) in [6.45, 7) is 11.4. The molecule has 0 fully saturated rings. The third kappa shape index (κ3) is 1.86. The zero-order valence-electron chi connectivity index (χ0n) is 8.96. The van der Waals surface area contributed by atoms with Crippen molar-refractivity contribution in [3.63, 3.8) is 0 Å². The first kappa shape index (κ1) is 9.72. The molecule has 0 saturated carbocycles. The van der Waals surface area contributed by atoms with E-state index in [-0.39, 0.29) is 5.54 Å². The quantitative estimate of drug-likeness (QED) is 0.535. The molecule has 0 atom stereocenters. The Morgan fingerprint density at radius 1 is 1.42 bits per heavy atom. The van der Waals surface area contributed by atoms with E-state index in [2.05, 4.69) is 50.4 Å². The number of likely N-dealkylation sites (N-methyl/N-ethyl adjacent to an activating group) is 1. The molecule has 0 spiro atoms. The summed E-state index contributed by atoms with van der Waals surface area (Å²) in [6.07, 6.45) is 2.32. The summed E-state index contributed by atoms with van der Waals surface area (Å²) < 4.78 is 2.29. The predicted molar refractivity (Wildman–Crippen MR) is 53.0 cm³/mol. The van der Waals surface area contributed by atoms with Crippen molar-refractivity contribution in [2.24, 2.45) is 0 Å². The maximum absolute atomic E-state index is 2.53. The van der Waals surface area contributed by atoms with Gasteiger partial charge >= 0.3 is 0 Å². The van der Waals surface area contributed by atoms with Gasteiger partial charge in [0, 0.05) is 6.04 Å². The maximum atomic E-state index is 2.53. The first-order valence-corrected chi connectivity index (χ1v) is 4.76. The second-order valence-electron chi connectivity index (χ2n) is 4.55. The van der Waals surface area contributed by atoms with Gasteiger partial charge in [-0.1, -0.05) is 0 Å². The SMILES string of the molecule is CC(C)N1CC[N+](C)=CC1(C)C. The summed E-state index contributed by atoms with van der Waals surface area (Å²) in [6, 6.07) is 0.643. The fourth-order valence-electron chi connectivity index (χ4n) is 2.16. The van der Waals surface area contributed by atoms with Crippen LogP contribution in [0.25, 0.3) is 0 Å². The lowest BCUT2D eigenvalue weighted by Crippen LogP contribution is -2.55. The Morgan fingerprint density at radius 3 is 2.42 bits per heavy atom. The van der Waals surface area contributed by atoms with Gasteiger partial charge < -0.3 is 0 Å². The van der Waals surface area contributed by atoms with Crippen molar-refractivity contribution in [3.05, 3.63) is 0 Å². The Balaban J connectivity index is 2.81. The van der Waals surface area contributed by atoms with Crippen LogP contribution in [0.1, 0.15) is 27.7 Å². The van der Waals surface area contributed by atoms with Gasteiger partial charge in [-0.15, -0.1) is 0 Å². The molecule has 0 radical (unpaired) electrons. The van der Waals surface area contributed by atoms with E-state index in [4.69, 9.17) is 0 Å².